The van der Waals surface area contributed by atoms with E-state index in [0.717, 1.165) is 33.6 Å². The van der Waals surface area contributed by atoms with Gasteiger partial charge in [-0.25, -0.2) is 4.39 Å². The zero-order chi connectivity index (χ0) is 23.1. The monoisotopic (exact) mass is 433 g/mol. The minimum atomic E-state index is -1.07. The van der Waals surface area contributed by atoms with Crippen LogP contribution in [-0.4, -0.2) is 35.1 Å². The van der Waals surface area contributed by atoms with Crippen LogP contribution in [0.15, 0.2) is 66.7 Å². The van der Waals surface area contributed by atoms with Crippen LogP contribution >= 0.6 is 0 Å². The number of halogens is 1. The third kappa shape index (κ3) is 5.95. The summed E-state index contributed by atoms with van der Waals surface area (Å²) in [6.07, 6.45) is 1.54. The number of ketones is 1. The Bertz CT molecular complexity index is 1120. The number of hydrogen-bond acceptors (Lipinski definition) is 5. The topological polar surface area (TPSA) is 76.5 Å². The summed E-state index contributed by atoms with van der Waals surface area (Å²) in [7, 11) is 1.21. The molecular formula is C26H24FNO4. The third-order valence-corrected chi connectivity index (χ3v) is 4.96. The fourth-order valence-corrected chi connectivity index (χ4v) is 3.33. The van der Waals surface area contributed by atoms with Crippen molar-refractivity contribution in [3.8, 4) is 22.4 Å². The molecule has 0 bridgehead atoms. The normalized spacial score (nSPS) is 12.0. The van der Waals surface area contributed by atoms with Crippen LogP contribution in [-0.2, 0) is 14.3 Å². The summed E-state index contributed by atoms with van der Waals surface area (Å²) >= 11 is 0. The van der Waals surface area contributed by atoms with Crippen LogP contribution < -0.4 is 0 Å². The maximum Gasteiger partial charge on any atom is 0.313 e. The number of aliphatic hydroxyl groups is 1. The third-order valence-electron chi connectivity index (χ3n) is 4.96. The molecule has 0 radical (unpaired) electrons. The summed E-state index contributed by atoms with van der Waals surface area (Å²) in [5, 5.41) is 10.3. The van der Waals surface area contributed by atoms with Crippen LogP contribution in [0, 0.1) is 12.7 Å². The van der Waals surface area contributed by atoms with E-state index in [1.165, 1.54) is 25.3 Å². The first kappa shape index (κ1) is 23.0. The number of aromatic nitrogens is 1. The number of ether oxygens (including phenoxy) is 1. The molecule has 0 fully saturated rings. The Morgan fingerprint density at radius 2 is 1.78 bits per heavy atom. The molecule has 1 N–H and O–H groups in total. The molecule has 0 aliphatic heterocycles. The molecule has 3 rings (SSSR count). The van der Waals surface area contributed by atoms with Gasteiger partial charge < -0.3 is 9.84 Å². The molecule has 32 heavy (non-hydrogen) atoms. The van der Waals surface area contributed by atoms with E-state index in [0.29, 0.717) is 0 Å². The van der Waals surface area contributed by atoms with Crippen molar-refractivity contribution in [3.05, 3.63) is 83.8 Å². The highest BCUT2D eigenvalue weighted by Crippen LogP contribution is 2.31. The smallest absolute Gasteiger partial charge is 0.313 e. The lowest BCUT2D eigenvalue weighted by Crippen LogP contribution is -2.15. The molecule has 0 amide bonds. The van der Waals surface area contributed by atoms with Gasteiger partial charge in [-0.3, -0.25) is 14.6 Å². The number of methoxy groups -OCH3 is 1. The highest BCUT2D eigenvalue weighted by molar-refractivity contribution is 5.95. The summed E-state index contributed by atoms with van der Waals surface area (Å²) in [6, 6.07) is 17.8. The number of carbonyl (C=O) groups excluding carboxylic acids is 2. The molecule has 0 saturated carbocycles. The summed E-state index contributed by atoms with van der Waals surface area (Å²) < 4.78 is 18.0. The maximum atomic E-state index is 13.5. The molecule has 164 valence electrons. The number of hydrogen-bond donors (Lipinski definition) is 1. The second-order valence-electron chi connectivity index (χ2n) is 7.35. The average molecular weight is 433 g/mol. The lowest BCUT2D eigenvalue weighted by Gasteiger charge is -2.13. The number of Topliss-reactive ketones (excluding diaryl/α,β-unsaturated/α-hetero) is 1. The molecule has 0 spiro atoms. The Kier molecular flexibility index (Phi) is 7.63. The summed E-state index contributed by atoms with van der Waals surface area (Å²) in [6.45, 7) is 1.86. The minimum absolute atomic E-state index is 0.202. The van der Waals surface area contributed by atoms with Crippen molar-refractivity contribution in [3.63, 3.8) is 0 Å². The van der Waals surface area contributed by atoms with Crippen molar-refractivity contribution in [1.29, 1.82) is 0 Å². The van der Waals surface area contributed by atoms with Crippen molar-refractivity contribution >= 4 is 17.8 Å². The van der Waals surface area contributed by atoms with Crippen molar-refractivity contribution in [1.82, 2.24) is 4.98 Å². The molecule has 1 heterocycles. The predicted molar refractivity (Wildman–Crippen MR) is 121 cm³/mol. The molecule has 1 unspecified atom stereocenters. The van der Waals surface area contributed by atoms with E-state index < -0.39 is 17.9 Å². The van der Waals surface area contributed by atoms with E-state index in [1.54, 1.807) is 18.2 Å². The number of rotatable bonds is 8. The first-order valence-electron chi connectivity index (χ1n) is 10.1. The maximum absolute atomic E-state index is 13.5. The van der Waals surface area contributed by atoms with E-state index in [1.807, 2.05) is 43.3 Å². The fourth-order valence-electron chi connectivity index (χ4n) is 3.33. The summed E-state index contributed by atoms with van der Waals surface area (Å²) in [5.74, 6) is -1.39. The highest BCUT2D eigenvalue weighted by atomic mass is 19.1. The Hall–Kier alpha value is -3.64. The van der Waals surface area contributed by atoms with E-state index in [9.17, 15) is 19.1 Å². The van der Waals surface area contributed by atoms with Gasteiger partial charge in [0, 0.05) is 23.2 Å². The van der Waals surface area contributed by atoms with E-state index in [4.69, 9.17) is 4.98 Å². The van der Waals surface area contributed by atoms with Gasteiger partial charge in [-0.15, -0.1) is 0 Å². The van der Waals surface area contributed by atoms with Crippen molar-refractivity contribution in [2.75, 3.05) is 7.11 Å². The molecule has 5 nitrogen and oxygen atoms in total. The summed E-state index contributed by atoms with van der Waals surface area (Å²) in [4.78, 5) is 27.8. The second-order valence-corrected chi connectivity index (χ2v) is 7.35. The molecular weight excluding hydrogens is 409 g/mol. The number of benzene rings is 2. The van der Waals surface area contributed by atoms with Gasteiger partial charge in [-0.1, -0.05) is 54.6 Å². The number of carbonyl (C=O) groups is 2. The zero-order valence-corrected chi connectivity index (χ0v) is 17.9. The lowest BCUT2D eigenvalue weighted by molar-refractivity contribution is -0.143. The van der Waals surface area contributed by atoms with Gasteiger partial charge in [-0.05, 0) is 36.2 Å². The van der Waals surface area contributed by atoms with Crippen molar-refractivity contribution < 1.29 is 23.8 Å². The molecule has 3 aromatic rings. The van der Waals surface area contributed by atoms with Gasteiger partial charge in [0.05, 0.1) is 18.9 Å². The molecule has 1 atom stereocenters. The zero-order valence-electron chi connectivity index (χ0n) is 17.9. The van der Waals surface area contributed by atoms with Crippen molar-refractivity contribution in [2.45, 2.75) is 25.9 Å². The van der Waals surface area contributed by atoms with E-state index >= 15 is 0 Å². The summed E-state index contributed by atoms with van der Waals surface area (Å²) in [5.41, 5.74) is 4.80. The van der Waals surface area contributed by atoms with Crippen molar-refractivity contribution in [2.24, 2.45) is 0 Å². The highest BCUT2D eigenvalue weighted by Gasteiger charge is 2.15. The number of esters is 1. The molecule has 0 aliphatic rings. The Balaban J connectivity index is 1.95. The lowest BCUT2D eigenvalue weighted by atomic mass is 9.95. The number of pyridine rings is 1. The largest absolute Gasteiger partial charge is 0.469 e. The van der Waals surface area contributed by atoms with Crippen LogP contribution in [0.3, 0.4) is 0 Å². The molecule has 0 aliphatic carbocycles. The van der Waals surface area contributed by atoms with E-state index in [-0.39, 0.29) is 18.7 Å². The van der Waals surface area contributed by atoms with Crippen LogP contribution in [0.1, 0.15) is 24.1 Å². The van der Waals surface area contributed by atoms with Gasteiger partial charge in [0.1, 0.15) is 18.0 Å². The average Bonchev–Trinajstić information content (AvgIpc) is 2.78. The van der Waals surface area contributed by atoms with Crippen LogP contribution in [0.2, 0.25) is 0 Å². The predicted octanol–water partition coefficient (Wildman–Crippen LogP) is 4.76. The van der Waals surface area contributed by atoms with Crippen LogP contribution in [0.5, 0.6) is 0 Å². The second kappa shape index (κ2) is 10.6. The standard InChI is InChI=1S/C26H24FNO4/c1-17-23(13-12-21(29)14-22(30)15-26(31)32-2)24(18-8-10-20(27)11-9-18)16-25(28-17)19-6-4-3-5-7-19/h3-13,16,21,29H,14-15H2,1-2H3/b13-12+. The molecule has 2 aromatic carbocycles. The Morgan fingerprint density at radius 3 is 2.44 bits per heavy atom. The number of aryl methyl sites for hydroxylation is 1. The van der Waals surface area contributed by atoms with E-state index in [2.05, 4.69) is 4.74 Å². The van der Waals surface area contributed by atoms with Gasteiger partial charge in [0.25, 0.3) is 0 Å². The molecule has 1 aromatic heterocycles. The van der Waals surface area contributed by atoms with Gasteiger partial charge in [-0.2, -0.15) is 0 Å². The molecule has 0 saturated heterocycles. The SMILES string of the molecule is COC(=O)CC(=O)CC(O)/C=C/c1c(-c2ccc(F)cc2)cc(-c2ccccc2)nc1C. The first-order chi connectivity index (χ1) is 15.4. The van der Waals surface area contributed by atoms with Gasteiger partial charge in [0.2, 0.25) is 0 Å². The van der Waals surface area contributed by atoms with Crippen LogP contribution in [0.4, 0.5) is 4.39 Å². The van der Waals surface area contributed by atoms with Gasteiger partial charge >= 0.3 is 5.97 Å². The Morgan fingerprint density at radius 1 is 1.09 bits per heavy atom. The first-order valence-corrected chi connectivity index (χ1v) is 10.1. The Labute approximate surface area is 186 Å². The quantitative estimate of drug-likeness (QED) is 0.409. The number of aliphatic hydroxyl groups excluding tert-OH is 1. The fraction of sp³-hybridized carbons (Fsp3) is 0.192. The van der Waals surface area contributed by atoms with Crippen LogP contribution in [0.25, 0.3) is 28.5 Å². The molecule has 6 heteroatoms. The minimum Gasteiger partial charge on any atom is -0.469 e. The number of nitrogens with zero attached hydrogens (tertiary/aromatic N) is 1. The van der Waals surface area contributed by atoms with Gasteiger partial charge in [0.15, 0.2) is 0 Å².